The number of aryl methyl sites for hydroxylation is 1. The quantitative estimate of drug-likeness (QED) is 0.640. The van der Waals surface area contributed by atoms with Gasteiger partial charge in [-0.2, -0.15) is 16.9 Å². The molecule has 0 atom stereocenters. The molecule has 2 heterocycles. The summed E-state index contributed by atoms with van der Waals surface area (Å²) in [6.45, 7) is 9.42. The molecule has 0 amide bonds. The van der Waals surface area contributed by atoms with Gasteiger partial charge >= 0.3 is 5.69 Å². The van der Waals surface area contributed by atoms with Gasteiger partial charge in [0, 0.05) is 43.7 Å². The zero-order valence-electron chi connectivity index (χ0n) is 12.8. The Hall–Kier alpha value is -1.28. The number of anilines is 1. The third-order valence-electron chi connectivity index (χ3n) is 3.55. The minimum atomic E-state index is -0.346. The van der Waals surface area contributed by atoms with Gasteiger partial charge in [-0.3, -0.25) is 15.0 Å². The topological polar surface area (TPSA) is 76.2 Å². The molecule has 7 nitrogen and oxygen atoms in total. The molecule has 1 fully saturated rings. The lowest BCUT2D eigenvalue weighted by molar-refractivity contribution is -0.384. The third-order valence-corrected chi connectivity index (χ3v) is 4.49. The van der Waals surface area contributed by atoms with Crippen molar-refractivity contribution in [1.82, 2.24) is 14.7 Å². The molecule has 1 aromatic heterocycles. The second-order valence-corrected chi connectivity index (χ2v) is 6.68. The molecular formula is C13H23N5O2S. The molecule has 1 saturated heterocycles. The van der Waals surface area contributed by atoms with Crippen molar-refractivity contribution >= 4 is 23.3 Å². The Balaban J connectivity index is 2.05. The van der Waals surface area contributed by atoms with Crippen LogP contribution in [0.4, 0.5) is 11.5 Å². The van der Waals surface area contributed by atoms with Crippen LogP contribution < -0.4 is 5.32 Å². The minimum Gasteiger partial charge on any atom is -0.363 e. The summed E-state index contributed by atoms with van der Waals surface area (Å²) in [7, 11) is 0. The van der Waals surface area contributed by atoms with Gasteiger partial charge in [0.1, 0.15) is 5.69 Å². The monoisotopic (exact) mass is 313 g/mol. The van der Waals surface area contributed by atoms with E-state index in [-0.39, 0.29) is 16.7 Å². The first-order valence-electron chi connectivity index (χ1n) is 7.28. The van der Waals surface area contributed by atoms with Crippen molar-refractivity contribution in [2.45, 2.75) is 26.8 Å². The third kappa shape index (κ3) is 3.88. The van der Waals surface area contributed by atoms with Crippen LogP contribution in [-0.2, 0) is 0 Å². The summed E-state index contributed by atoms with van der Waals surface area (Å²) in [5, 5.41) is 18.8. The number of nitrogens with zero attached hydrogens (tertiary/aromatic N) is 4. The number of hydrogen-bond donors (Lipinski definition) is 1. The van der Waals surface area contributed by atoms with Gasteiger partial charge in [-0.1, -0.05) is 0 Å². The SMILES string of the molecule is Cc1nn(C(C)C)c(NCCN2CCSCC2)c1[N+](=O)[O-]. The van der Waals surface area contributed by atoms with Crippen molar-refractivity contribution in [3.63, 3.8) is 0 Å². The number of thioether (sulfide) groups is 1. The summed E-state index contributed by atoms with van der Waals surface area (Å²) in [4.78, 5) is 13.3. The normalized spacial score (nSPS) is 16.4. The van der Waals surface area contributed by atoms with Crippen molar-refractivity contribution < 1.29 is 4.92 Å². The maximum absolute atomic E-state index is 11.2. The summed E-state index contributed by atoms with van der Waals surface area (Å²) in [5.41, 5.74) is 0.559. The molecule has 1 aliphatic rings. The first-order valence-corrected chi connectivity index (χ1v) is 8.43. The van der Waals surface area contributed by atoms with Crippen molar-refractivity contribution in [2.24, 2.45) is 0 Å². The average Bonchev–Trinajstić information content (AvgIpc) is 2.77. The lowest BCUT2D eigenvalue weighted by Gasteiger charge is -2.26. The van der Waals surface area contributed by atoms with Crippen molar-refractivity contribution in [3.8, 4) is 0 Å². The van der Waals surface area contributed by atoms with E-state index in [0.29, 0.717) is 18.1 Å². The van der Waals surface area contributed by atoms with Crippen LogP contribution in [0.3, 0.4) is 0 Å². The molecule has 2 rings (SSSR count). The fourth-order valence-electron chi connectivity index (χ4n) is 2.45. The van der Waals surface area contributed by atoms with E-state index in [9.17, 15) is 10.1 Å². The van der Waals surface area contributed by atoms with Crippen LogP contribution in [0.5, 0.6) is 0 Å². The van der Waals surface area contributed by atoms with Crippen LogP contribution >= 0.6 is 11.8 Å². The van der Waals surface area contributed by atoms with E-state index in [1.54, 1.807) is 11.6 Å². The van der Waals surface area contributed by atoms with Crippen molar-refractivity contribution in [2.75, 3.05) is 43.0 Å². The molecule has 0 aromatic carbocycles. The van der Waals surface area contributed by atoms with E-state index in [1.165, 1.54) is 11.5 Å². The summed E-state index contributed by atoms with van der Waals surface area (Å²) in [6.07, 6.45) is 0. The average molecular weight is 313 g/mol. The van der Waals surface area contributed by atoms with Gasteiger partial charge in [0.15, 0.2) is 0 Å². The Morgan fingerprint density at radius 1 is 1.43 bits per heavy atom. The highest BCUT2D eigenvalue weighted by Gasteiger charge is 2.26. The van der Waals surface area contributed by atoms with Gasteiger partial charge in [0.2, 0.25) is 5.82 Å². The van der Waals surface area contributed by atoms with Crippen LogP contribution in [0.1, 0.15) is 25.6 Å². The number of hydrogen-bond acceptors (Lipinski definition) is 6. The van der Waals surface area contributed by atoms with Gasteiger partial charge in [0.05, 0.1) is 4.92 Å². The van der Waals surface area contributed by atoms with Gasteiger partial charge < -0.3 is 5.32 Å². The molecule has 1 aromatic rings. The van der Waals surface area contributed by atoms with Gasteiger partial charge in [-0.05, 0) is 20.8 Å². The lowest BCUT2D eigenvalue weighted by Crippen LogP contribution is -2.36. The van der Waals surface area contributed by atoms with Crippen LogP contribution in [0.2, 0.25) is 0 Å². The lowest BCUT2D eigenvalue weighted by atomic mass is 10.3. The number of nitro groups is 1. The van der Waals surface area contributed by atoms with Crippen LogP contribution in [0.25, 0.3) is 0 Å². The zero-order chi connectivity index (χ0) is 15.4. The van der Waals surface area contributed by atoms with Gasteiger partial charge in [-0.25, -0.2) is 4.68 Å². The molecule has 0 spiro atoms. The Kier molecular flexibility index (Phi) is 5.46. The standard InChI is InChI=1S/C13H23N5O2S/c1-10(2)17-13(12(18(19)20)11(3)15-17)14-4-5-16-6-8-21-9-7-16/h10,14H,4-9H2,1-3H3. The van der Waals surface area contributed by atoms with E-state index in [2.05, 4.69) is 15.3 Å². The molecule has 0 aliphatic carbocycles. The number of aromatic nitrogens is 2. The largest absolute Gasteiger partial charge is 0.363 e. The van der Waals surface area contributed by atoms with Gasteiger partial charge in [-0.15, -0.1) is 0 Å². The predicted octanol–water partition coefficient (Wildman–Crippen LogP) is 2.14. The molecule has 1 N–H and O–H groups in total. The molecule has 1 aliphatic heterocycles. The Labute approximate surface area is 129 Å². The van der Waals surface area contributed by atoms with Crippen LogP contribution in [0.15, 0.2) is 0 Å². The first-order chi connectivity index (χ1) is 10.0. The van der Waals surface area contributed by atoms with E-state index in [0.717, 1.165) is 19.6 Å². The minimum absolute atomic E-state index is 0.0892. The molecule has 0 unspecified atom stereocenters. The van der Waals surface area contributed by atoms with E-state index in [1.807, 2.05) is 25.6 Å². The summed E-state index contributed by atoms with van der Waals surface area (Å²) in [5.74, 6) is 2.87. The van der Waals surface area contributed by atoms with Crippen LogP contribution in [-0.4, -0.2) is 57.3 Å². The van der Waals surface area contributed by atoms with E-state index in [4.69, 9.17) is 0 Å². The van der Waals surface area contributed by atoms with E-state index >= 15 is 0 Å². The maximum atomic E-state index is 11.2. The zero-order valence-corrected chi connectivity index (χ0v) is 13.7. The molecule has 0 radical (unpaired) electrons. The maximum Gasteiger partial charge on any atom is 0.333 e. The second kappa shape index (κ2) is 7.13. The Bertz CT molecular complexity index is 497. The number of nitrogens with one attached hydrogen (secondary N) is 1. The molecule has 0 bridgehead atoms. The van der Waals surface area contributed by atoms with E-state index < -0.39 is 0 Å². The fraction of sp³-hybridized carbons (Fsp3) is 0.769. The highest BCUT2D eigenvalue weighted by atomic mass is 32.2. The molecular weight excluding hydrogens is 290 g/mol. The Morgan fingerprint density at radius 3 is 2.67 bits per heavy atom. The predicted molar refractivity (Wildman–Crippen MR) is 86.3 cm³/mol. The fourth-order valence-corrected chi connectivity index (χ4v) is 3.43. The van der Waals surface area contributed by atoms with Crippen molar-refractivity contribution in [3.05, 3.63) is 15.8 Å². The molecule has 0 saturated carbocycles. The second-order valence-electron chi connectivity index (χ2n) is 5.46. The van der Waals surface area contributed by atoms with Gasteiger partial charge in [0.25, 0.3) is 0 Å². The number of rotatable bonds is 6. The summed E-state index contributed by atoms with van der Waals surface area (Å²) < 4.78 is 1.71. The highest BCUT2D eigenvalue weighted by molar-refractivity contribution is 7.99. The molecule has 118 valence electrons. The Morgan fingerprint density at radius 2 is 2.10 bits per heavy atom. The highest BCUT2D eigenvalue weighted by Crippen LogP contribution is 2.30. The molecule has 21 heavy (non-hydrogen) atoms. The molecule has 8 heteroatoms. The summed E-state index contributed by atoms with van der Waals surface area (Å²) in [6, 6.07) is 0.0892. The smallest absolute Gasteiger partial charge is 0.333 e. The van der Waals surface area contributed by atoms with Crippen molar-refractivity contribution in [1.29, 1.82) is 0 Å². The summed E-state index contributed by atoms with van der Waals surface area (Å²) >= 11 is 1.98. The first kappa shape index (κ1) is 16.1. The van der Waals surface area contributed by atoms with Crippen LogP contribution in [0, 0.1) is 17.0 Å².